The molecule has 0 radical (unpaired) electrons. The minimum absolute atomic E-state index is 0.120. The zero-order chi connectivity index (χ0) is 17.2. The summed E-state index contributed by atoms with van der Waals surface area (Å²) in [5.41, 5.74) is 2.34. The number of nitrogens with one attached hydrogen (secondary N) is 2. The number of carbonyl (C=O) groups is 2. The number of hydrogen-bond donors (Lipinski definition) is 2. The van der Waals surface area contributed by atoms with E-state index in [2.05, 4.69) is 22.4 Å². The molecule has 9 heteroatoms. The summed E-state index contributed by atoms with van der Waals surface area (Å²) in [6.07, 6.45) is 2.34. The summed E-state index contributed by atoms with van der Waals surface area (Å²) in [4.78, 5) is 33.0. The van der Waals surface area contributed by atoms with Crippen molar-refractivity contribution >= 4 is 23.7 Å². The molecule has 1 aromatic carbocycles. The molecule has 0 aromatic heterocycles. The van der Waals surface area contributed by atoms with E-state index in [1.165, 1.54) is 37.6 Å². The molecule has 0 heterocycles. The third-order valence-corrected chi connectivity index (χ3v) is 2.57. The number of amides is 2. The predicted molar refractivity (Wildman–Crippen MR) is 83.2 cm³/mol. The second kappa shape index (κ2) is 8.93. The predicted octanol–water partition coefficient (Wildman–Crippen LogP) is 0.746. The molecule has 0 aliphatic heterocycles. The van der Waals surface area contributed by atoms with Crippen molar-refractivity contribution in [2.75, 3.05) is 13.7 Å². The van der Waals surface area contributed by atoms with Gasteiger partial charge in [0, 0.05) is 18.2 Å². The molecule has 2 amide bonds. The Morgan fingerprint density at radius 3 is 2.78 bits per heavy atom. The molecule has 2 N–H and O–H groups in total. The Labute approximate surface area is 132 Å². The number of benzene rings is 1. The van der Waals surface area contributed by atoms with E-state index in [-0.39, 0.29) is 24.4 Å². The molecule has 9 nitrogen and oxygen atoms in total. The Hall–Kier alpha value is -3.23. The average Bonchev–Trinajstić information content (AvgIpc) is 2.52. The van der Waals surface area contributed by atoms with Gasteiger partial charge in [-0.1, -0.05) is 6.08 Å². The molecule has 0 spiro atoms. The normalized spacial score (nSPS) is 10.1. The van der Waals surface area contributed by atoms with Crippen LogP contribution in [0, 0.1) is 10.1 Å². The SMILES string of the molecule is C=CCNC(=O)CC(=O)N/N=C\c1ccc(OC)c([N+](=O)[O-])c1. The Morgan fingerprint density at radius 2 is 2.17 bits per heavy atom. The summed E-state index contributed by atoms with van der Waals surface area (Å²) in [6, 6.07) is 4.22. The highest BCUT2D eigenvalue weighted by molar-refractivity contribution is 5.97. The van der Waals surface area contributed by atoms with Gasteiger partial charge < -0.3 is 10.1 Å². The summed E-state index contributed by atoms with van der Waals surface area (Å²) >= 11 is 0. The van der Waals surface area contributed by atoms with Crippen LogP contribution in [0.15, 0.2) is 36.0 Å². The number of nitro benzene ring substituents is 1. The van der Waals surface area contributed by atoms with Crippen LogP contribution in [0.3, 0.4) is 0 Å². The zero-order valence-corrected chi connectivity index (χ0v) is 12.4. The Balaban J connectivity index is 2.62. The van der Waals surface area contributed by atoms with Gasteiger partial charge in [-0.05, 0) is 12.1 Å². The molecule has 23 heavy (non-hydrogen) atoms. The third-order valence-electron chi connectivity index (χ3n) is 2.57. The number of hydrogen-bond acceptors (Lipinski definition) is 6. The molecule has 1 aromatic rings. The Bertz CT molecular complexity index is 642. The lowest BCUT2D eigenvalue weighted by molar-refractivity contribution is -0.385. The fraction of sp³-hybridized carbons (Fsp3) is 0.214. The highest BCUT2D eigenvalue weighted by Gasteiger charge is 2.14. The molecular formula is C14H16N4O5. The first-order valence-corrected chi connectivity index (χ1v) is 6.50. The van der Waals surface area contributed by atoms with Gasteiger partial charge in [0.05, 0.1) is 18.2 Å². The van der Waals surface area contributed by atoms with Gasteiger partial charge in [-0.15, -0.1) is 6.58 Å². The van der Waals surface area contributed by atoms with E-state index in [4.69, 9.17) is 4.74 Å². The van der Waals surface area contributed by atoms with Gasteiger partial charge in [0.15, 0.2) is 5.75 Å². The first-order valence-electron chi connectivity index (χ1n) is 6.50. The monoisotopic (exact) mass is 320 g/mol. The highest BCUT2D eigenvalue weighted by Crippen LogP contribution is 2.26. The second-order valence-electron chi connectivity index (χ2n) is 4.25. The minimum atomic E-state index is -0.606. The summed E-state index contributed by atoms with van der Waals surface area (Å²) in [5, 5.41) is 17.0. The summed E-state index contributed by atoms with van der Waals surface area (Å²) in [6.45, 7) is 3.70. The molecule has 1 rings (SSSR count). The van der Waals surface area contributed by atoms with Crippen LogP contribution < -0.4 is 15.5 Å². The van der Waals surface area contributed by atoms with Crippen LogP contribution in [-0.2, 0) is 9.59 Å². The largest absolute Gasteiger partial charge is 0.490 e. The third kappa shape index (κ3) is 5.96. The molecule has 0 aliphatic carbocycles. The van der Waals surface area contributed by atoms with Crippen molar-refractivity contribution in [2.24, 2.45) is 5.10 Å². The van der Waals surface area contributed by atoms with Gasteiger partial charge in [-0.2, -0.15) is 5.10 Å². The number of rotatable bonds is 8. The van der Waals surface area contributed by atoms with Gasteiger partial charge in [0.2, 0.25) is 11.8 Å². The maximum atomic E-state index is 11.4. The quantitative estimate of drug-likeness (QED) is 0.240. The van der Waals surface area contributed by atoms with E-state index in [1.807, 2.05) is 0 Å². The lowest BCUT2D eigenvalue weighted by Crippen LogP contribution is -2.29. The summed E-state index contributed by atoms with van der Waals surface area (Å²) in [7, 11) is 1.33. The van der Waals surface area contributed by atoms with Crippen LogP contribution >= 0.6 is 0 Å². The first-order chi connectivity index (χ1) is 11.0. The van der Waals surface area contributed by atoms with Crippen molar-refractivity contribution in [1.29, 1.82) is 0 Å². The van der Waals surface area contributed by atoms with Gasteiger partial charge in [-0.3, -0.25) is 19.7 Å². The fourth-order valence-corrected chi connectivity index (χ4v) is 1.54. The number of nitrogens with zero attached hydrogens (tertiary/aromatic N) is 2. The molecule has 0 fully saturated rings. The molecule has 0 atom stereocenters. The van der Waals surface area contributed by atoms with E-state index in [0.717, 1.165) is 0 Å². The van der Waals surface area contributed by atoms with Gasteiger partial charge in [-0.25, -0.2) is 5.43 Å². The van der Waals surface area contributed by atoms with E-state index in [1.54, 1.807) is 0 Å². The first kappa shape index (κ1) is 17.8. The molecule has 0 saturated heterocycles. The zero-order valence-electron chi connectivity index (χ0n) is 12.4. The molecule has 0 unspecified atom stereocenters. The van der Waals surface area contributed by atoms with Gasteiger partial charge >= 0.3 is 5.69 Å². The van der Waals surface area contributed by atoms with Crippen molar-refractivity contribution in [1.82, 2.24) is 10.7 Å². The maximum Gasteiger partial charge on any atom is 0.311 e. The lowest BCUT2D eigenvalue weighted by atomic mass is 10.2. The van der Waals surface area contributed by atoms with Crippen LogP contribution in [0.25, 0.3) is 0 Å². The van der Waals surface area contributed by atoms with Crippen molar-refractivity contribution in [3.63, 3.8) is 0 Å². The number of carbonyl (C=O) groups excluding carboxylic acids is 2. The molecule has 122 valence electrons. The fourth-order valence-electron chi connectivity index (χ4n) is 1.54. The van der Waals surface area contributed by atoms with Crippen LogP contribution in [0.5, 0.6) is 5.75 Å². The summed E-state index contributed by atoms with van der Waals surface area (Å²) < 4.78 is 4.87. The Morgan fingerprint density at radius 1 is 1.43 bits per heavy atom. The van der Waals surface area contributed by atoms with Gasteiger partial charge in [0.25, 0.3) is 0 Å². The van der Waals surface area contributed by atoms with Crippen molar-refractivity contribution < 1.29 is 19.2 Å². The molecule has 0 aliphatic rings. The van der Waals surface area contributed by atoms with Gasteiger partial charge in [0.1, 0.15) is 6.42 Å². The summed E-state index contributed by atoms with van der Waals surface area (Å²) in [5.74, 6) is -0.946. The molecule has 0 bridgehead atoms. The smallest absolute Gasteiger partial charge is 0.311 e. The second-order valence-corrected chi connectivity index (χ2v) is 4.25. The topological polar surface area (TPSA) is 123 Å². The van der Waals surface area contributed by atoms with Crippen molar-refractivity contribution in [3.05, 3.63) is 46.5 Å². The molecule has 0 saturated carbocycles. The highest BCUT2D eigenvalue weighted by atomic mass is 16.6. The Kier molecular flexibility index (Phi) is 6.92. The van der Waals surface area contributed by atoms with Crippen LogP contribution in [0.2, 0.25) is 0 Å². The number of ether oxygens (including phenoxy) is 1. The number of methoxy groups -OCH3 is 1. The minimum Gasteiger partial charge on any atom is -0.490 e. The number of hydrazone groups is 1. The van der Waals surface area contributed by atoms with E-state index in [9.17, 15) is 19.7 Å². The van der Waals surface area contributed by atoms with Crippen LogP contribution in [0.1, 0.15) is 12.0 Å². The standard InChI is InChI=1S/C14H16N4O5/c1-3-6-15-13(19)8-14(20)17-16-9-10-4-5-12(23-2)11(7-10)18(21)22/h3-5,7,9H,1,6,8H2,2H3,(H,15,19)(H,17,20)/b16-9-. The van der Waals surface area contributed by atoms with Crippen LogP contribution in [0.4, 0.5) is 5.69 Å². The van der Waals surface area contributed by atoms with Crippen LogP contribution in [-0.4, -0.2) is 36.6 Å². The average molecular weight is 320 g/mol. The van der Waals surface area contributed by atoms with Crippen molar-refractivity contribution in [2.45, 2.75) is 6.42 Å². The molecular weight excluding hydrogens is 304 g/mol. The van der Waals surface area contributed by atoms with E-state index in [0.29, 0.717) is 5.56 Å². The van der Waals surface area contributed by atoms with E-state index < -0.39 is 16.7 Å². The lowest BCUT2D eigenvalue weighted by Gasteiger charge is -2.02. The van der Waals surface area contributed by atoms with Crippen molar-refractivity contribution in [3.8, 4) is 5.75 Å². The maximum absolute atomic E-state index is 11.4. The van der Waals surface area contributed by atoms with E-state index >= 15 is 0 Å². The number of nitro groups is 1.